The maximum atomic E-state index is 6.13. The Hall–Kier alpha value is -2.11. The first-order valence-electron chi connectivity index (χ1n) is 9.96. The smallest absolute Gasteiger partial charge is 0.191 e. The lowest BCUT2D eigenvalue weighted by Gasteiger charge is -2.32. The molecule has 0 saturated carbocycles. The van der Waals surface area contributed by atoms with Crippen LogP contribution in [0, 0.1) is 12.8 Å². The number of aliphatic imine (C=N–C) groups is 1. The number of ether oxygens (including phenoxy) is 1. The molecule has 2 aromatic rings. The lowest BCUT2D eigenvalue weighted by atomic mass is 9.89. The summed E-state index contributed by atoms with van der Waals surface area (Å²) in [7, 11) is 0. The van der Waals surface area contributed by atoms with Crippen molar-refractivity contribution < 1.29 is 4.74 Å². The fourth-order valence-corrected chi connectivity index (χ4v) is 3.53. The van der Waals surface area contributed by atoms with Crippen LogP contribution < -0.4 is 10.6 Å². The van der Waals surface area contributed by atoms with Gasteiger partial charge in [0.05, 0.1) is 12.6 Å². The van der Waals surface area contributed by atoms with E-state index in [1.54, 1.807) is 12.3 Å². The monoisotopic (exact) mass is 400 g/mol. The number of benzene rings is 1. The third-order valence-electron chi connectivity index (χ3n) is 4.94. The first kappa shape index (κ1) is 20.6. The van der Waals surface area contributed by atoms with Gasteiger partial charge in [0.25, 0.3) is 0 Å². The molecule has 1 aromatic heterocycles. The van der Waals surface area contributed by atoms with Gasteiger partial charge < -0.3 is 15.4 Å². The molecule has 0 spiro atoms. The number of guanidine groups is 1. The van der Waals surface area contributed by atoms with E-state index in [2.05, 4.69) is 58.7 Å². The van der Waals surface area contributed by atoms with Gasteiger partial charge in [0.1, 0.15) is 5.15 Å². The van der Waals surface area contributed by atoms with Crippen LogP contribution in [-0.2, 0) is 11.3 Å². The van der Waals surface area contributed by atoms with Crippen molar-refractivity contribution in [3.8, 4) is 0 Å². The molecule has 1 aromatic carbocycles. The molecule has 6 heteroatoms. The molecule has 150 valence electrons. The Balaban J connectivity index is 1.62. The Kier molecular flexibility index (Phi) is 7.69. The molecule has 1 aliphatic rings. The van der Waals surface area contributed by atoms with Gasteiger partial charge in [-0.2, -0.15) is 0 Å². The number of rotatable bonds is 6. The van der Waals surface area contributed by atoms with Crippen molar-refractivity contribution in [2.45, 2.75) is 39.3 Å². The third-order valence-corrected chi connectivity index (χ3v) is 5.16. The second-order valence-corrected chi connectivity index (χ2v) is 7.56. The molecule has 0 radical (unpaired) electrons. The molecular weight excluding hydrogens is 372 g/mol. The highest BCUT2D eigenvalue weighted by Crippen LogP contribution is 2.33. The van der Waals surface area contributed by atoms with Crippen LogP contribution in [0.25, 0.3) is 0 Å². The van der Waals surface area contributed by atoms with E-state index >= 15 is 0 Å². The number of aromatic nitrogens is 1. The Morgan fingerprint density at radius 3 is 2.75 bits per heavy atom. The minimum atomic E-state index is 0.130. The summed E-state index contributed by atoms with van der Waals surface area (Å²) >= 11 is 5.85. The zero-order valence-corrected chi connectivity index (χ0v) is 17.4. The van der Waals surface area contributed by atoms with Crippen molar-refractivity contribution in [1.29, 1.82) is 0 Å². The maximum Gasteiger partial charge on any atom is 0.191 e. The first-order chi connectivity index (χ1) is 13.7. The number of nitrogens with zero attached hydrogens (tertiary/aromatic N) is 2. The summed E-state index contributed by atoms with van der Waals surface area (Å²) in [6.07, 6.45) is 4.13. The van der Waals surface area contributed by atoms with E-state index in [4.69, 9.17) is 16.3 Å². The zero-order chi connectivity index (χ0) is 19.8. The molecule has 28 heavy (non-hydrogen) atoms. The predicted octanol–water partition coefficient (Wildman–Crippen LogP) is 4.27. The van der Waals surface area contributed by atoms with Crippen LogP contribution in [0.1, 0.15) is 42.6 Å². The average molecular weight is 401 g/mol. The molecule has 2 atom stereocenters. The van der Waals surface area contributed by atoms with E-state index in [1.165, 1.54) is 11.1 Å². The number of hydrogen-bond donors (Lipinski definition) is 2. The molecule has 5 nitrogen and oxygen atoms in total. The average Bonchev–Trinajstić information content (AvgIpc) is 2.72. The van der Waals surface area contributed by atoms with Gasteiger partial charge in [-0.05, 0) is 43.9 Å². The van der Waals surface area contributed by atoms with E-state index < -0.39 is 0 Å². The zero-order valence-electron chi connectivity index (χ0n) is 16.6. The summed E-state index contributed by atoms with van der Waals surface area (Å²) in [6.45, 7) is 7.20. The fraction of sp³-hybridized carbons (Fsp3) is 0.455. The van der Waals surface area contributed by atoms with Gasteiger partial charge in [0, 0.05) is 31.8 Å². The molecule has 2 N–H and O–H groups in total. The van der Waals surface area contributed by atoms with Crippen molar-refractivity contribution in [1.82, 2.24) is 15.6 Å². The Morgan fingerprint density at radius 2 is 2.04 bits per heavy atom. The summed E-state index contributed by atoms with van der Waals surface area (Å²) in [6, 6.07) is 12.4. The van der Waals surface area contributed by atoms with E-state index in [-0.39, 0.29) is 6.10 Å². The third kappa shape index (κ3) is 5.94. The number of pyridine rings is 1. The standard InChI is InChI=1S/C22H29ClN4O/c1-3-24-22(26-14-17-8-11-20(23)25-13-17)27-15-19-5-4-12-28-21(19)18-9-6-16(2)7-10-18/h6-11,13,19,21H,3-5,12,14-15H2,1-2H3,(H2,24,26,27). The second-order valence-electron chi connectivity index (χ2n) is 7.17. The van der Waals surface area contributed by atoms with Crippen LogP contribution in [-0.4, -0.2) is 30.6 Å². The van der Waals surface area contributed by atoms with Gasteiger partial charge in [-0.1, -0.05) is 47.5 Å². The molecule has 0 amide bonds. The van der Waals surface area contributed by atoms with E-state index in [0.717, 1.165) is 44.1 Å². The number of aryl methyl sites for hydroxylation is 1. The highest BCUT2D eigenvalue weighted by Gasteiger charge is 2.27. The highest BCUT2D eigenvalue weighted by atomic mass is 35.5. The molecule has 1 saturated heterocycles. The van der Waals surface area contributed by atoms with Gasteiger partial charge in [0.15, 0.2) is 5.96 Å². The quantitative estimate of drug-likeness (QED) is 0.432. The van der Waals surface area contributed by atoms with Gasteiger partial charge >= 0.3 is 0 Å². The van der Waals surface area contributed by atoms with E-state index in [9.17, 15) is 0 Å². The summed E-state index contributed by atoms with van der Waals surface area (Å²) in [5, 5.41) is 7.31. The Bertz CT molecular complexity index is 761. The van der Waals surface area contributed by atoms with Crippen LogP contribution >= 0.6 is 11.6 Å². The summed E-state index contributed by atoms with van der Waals surface area (Å²) in [4.78, 5) is 8.79. The van der Waals surface area contributed by atoms with Crippen molar-refractivity contribution in [3.05, 3.63) is 64.4 Å². The topological polar surface area (TPSA) is 58.5 Å². The van der Waals surface area contributed by atoms with E-state index in [1.807, 2.05) is 6.07 Å². The normalized spacial score (nSPS) is 20.0. The van der Waals surface area contributed by atoms with Gasteiger partial charge in [-0.15, -0.1) is 0 Å². The first-order valence-corrected chi connectivity index (χ1v) is 10.3. The Morgan fingerprint density at radius 1 is 1.21 bits per heavy atom. The molecule has 2 heterocycles. The molecule has 3 rings (SSSR count). The number of hydrogen-bond acceptors (Lipinski definition) is 3. The summed E-state index contributed by atoms with van der Waals surface area (Å²) in [5.41, 5.74) is 3.55. The summed E-state index contributed by atoms with van der Waals surface area (Å²) in [5.74, 6) is 1.23. The molecule has 2 unspecified atom stereocenters. The van der Waals surface area contributed by atoms with Gasteiger partial charge in [0.2, 0.25) is 0 Å². The second kappa shape index (κ2) is 10.4. The largest absolute Gasteiger partial charge is 0.373 e. The number of nitrogens with one attached hydrogen (secondary N) is 2. The maximum absolute atomic E-state index is 6.13. The van der Waals surface area contributed by atoms with Crippen molar-refractivity contribution >= 4 is 17.6 Å². The van der Waals surface area contributed by atoms with Crippen molar-refractivity contribution in [2.75, 3.05) is 19.7 Å². The molecular formula is C22H29ClN4O. The molecule has 1 fully saturated rings. The predicted molar refractivity (Wildman–Crippen MR) is 115 cm³/mol. The van der Waals surface area contributed by atoms with Crippen molar-refractivity contribution in [3.63, 3.8) is 0 Å². The van der Waals surface area contributed by atoms with Gasteiger partial charge in [-0.25, -0.2) is 9.98 Å². The molecule has 0 aliphatic carbocycles. The number of halogens is 1. The van der Waals surface area contributed by atoms with Crippen LogP contribution in [0.3, 0.4) is 0 Å². The van der Waals surface area contributed by atoms with Crippen LogP contribution in [0.2, 0.25) is 5.15 Å². The van der Waals surface area contributed by atoms with Crippen LogP contribution in [0.5, 0.6) is 0 Å². The molecule has 0 bridgehead atoms. The lowest BCUT2D eigenvalue weighted by Crippen LogP contribution is -2.42. The van der Waals surface area contributed by atoms with E-state index in [0.29, 0.717) is 17.6 Å². The minimum Gasteiger partial charge on any atom is -0.373 e. The highest BCUT2D eigenvalue weighted by molar-refractivity contribution is 6.29. The SMILES string of the molecule is CCNC(=NCc1ccc(Cl)nc1)NCC1CCCOC1c1ccc(C)cc1. The summed E-state index contributed by atoms with van der Waals surface area (Å²) < 4.78 is 6.13. The molecule has 1 aliphatic heterocycles. The lowest BCUT2D eigenvalue weighted by molar-refractivity contribution is -0.0265. The van der Waals surface area contributed by atoms with Crippen LogP contribution in [0.15, 0.2) is 47.6 Å². The van der Waals surface area contributed by atoms with Gasteiger partial charge in [-0.3, -0.25) is 0 Å². The fourth-order valence-electron chi connectivity index (χ4n) is 3.42. The van der Waals surface area contributed by atoms with Crippen molar-refractivity contribution in [2.24, 2.45) is 10.9 Å². The Labute approximate surface area is 172 Å². The minimum absolute atomic E-state index is 0.130. The van der Waals surface area contributed by atoms with Crippen LogP contribution in [0.4, 0.5) is 0 Å².